The molecular weight excluding hydrogens is 300 g/mol. The van der Waals surface area contributed by atoms with Crippen LogP contribution in [0, 0.1) is 11.3 Å². The molecule has 84 valence electrons. The number of nitriles is 1. The van der Waals surface area contributed by atoms with Gasteiger partial charge in [0.2, 0.25) is 0 Å². The molecule has 0 spiro atoms. The number of benzene rings is 2. The Hall–Kier alpha value is -1.50. The highest BCUT2D eigenvalue weighted by Gasteiger charge is 2.05. The zero-order chi connectivity index (χ0) is 12.3. The second kappa shape index (κ2) is 5.22. The lowest BCUT2D eigenvalue weighted by molar-refractivity contribution is 1.46. The summed E-state index contributed by atoms with van der Waals surface area (Å²) in [6.07, 6.45) is 0. The van der Waals surface area contributed by atoms with Crippen LogP contribution >= 0.6 is 27.5 Å². The summed E-state index contributed by atoms with van der Waals surface area (Å²) in [4.78, 5) is 0. The van der Waals surface area contributed by atoms with Gasteiger partial charge in [0.25, 0.3) is 0 Å². The van der Waals surface area contributed by atoms with Gasteiger partial charge in [-0.2, -0.15) is 5.26 Å². The molecular formula is C13H8BrClN2. The summed E-state index contributed by atoms with van der Waals surface area (Å²) in [6.45, 7) is 0. The Morgan fingerprint density at radius 3 is 2.47 bits per heavy atom. The molecule has 0 saturated heterocycles. The SMILES string of the molecule is N#Cc1c(Cl)cccc1Nc1ccc(Br)cc1. The highest BCUT2D eigenvalue weighted by Crippen LogP contribution is 2.26. The van der Waals surface area contributed by atoms with Crippen molar-refractivity contribution in [3.63, 3.8) is 0 Å². The summed E-state index contributed by atoms with van der Waals surface area (Å²) in [5.74, 6) is 0. The van der Waals surface area contributed by atoms with Crippen molar-refractivity contribution in [1.29, 1.82) is 5.26 Å². The fourth-order valence-corrected chi connectivity index (χ4v) is 1.91. The maximum Gasteiger partial charge on any atom is 0.103 e. The Kier molecular flexibility index (Phi) is 3.68. The van der Waals surface area contributed by atoms with Crippen LogP contribution in [0.15, 0.2) is 46.9 Å². The molecule has 0 radical (unpaired) electrons. The van der Waals surface area contributed by atoms with Gasteiger partial charge in [-0.25, -0.2) is 0 Å². The number of hydrogen-bond acceptors (Lipinski definition) is 2. The summed E-state index contributed by atoms with van der Waals surface area (Å²) in [5.41, 5.74) is 2.08. The Morgan fingerprint density at radius 2 is 1.82 bits per heavy atom. The van der Waals surface area contributed by atoms with Gasteiger partial charge >= 0.3 is 0 Å². The highest BCUT2D eigenvalue weighted by molar-refractivity contribution is 9.10. The van der Waals surface area contributed by atoms with Gasteiger partial charge in [-0.05, 0) is 36.4 Å². The van der Waals surface area contributed by atoms with Crippen LogP contribution in [0.3, 0.4) is 0 Å². The molecule has 1 N–H and O–H groups in total. The summed E-state index contributed by atoms with van der Waals surface area (Å²) in [5, 5.41) is 12.7. The first-order chi connectivity index (χ1) is 8.20. The smallest absolute Gasteiger partial charge is 0.103 e. The molecule has 0 aliphatic carbocycles. The average Bonchev–Trinajstić information content (AvgIpc) is 2.32. The molecule has 0 aromatic heterocycles. The summed E-state index contributed by atoms with van der Waals surface area (Å²) in [6, 6.07) is 15.1. The molecule has 2 aromatic rings. The monoisotopic (exact) mass is 306 g/mol. The predicted molar refractivity (Wildman–Crippen MR) is 73.6 cm³/mol. The maximum atomic E-state index is 9.04. The van der Waals surface area contributed by atoms with Crippen LogP contribution in [-0.2, 0) is 0 Å². The second-order valence-corrected chi connectivity index (χ2v) is 4.73. The lowest BCUT2D eigenvalue weighted by atomic mass is 10.2. The number of nitrogens with zero attached hydrogens (tertiary/aromatic N) is 1. The number of rotatable bonds is 2. The molecule has 2 nitrogen and oxygen atoms in total. The Balaban J connectivity index is 2.34. The first-order valence-electron chi connectivity index (χ1n) is 4.92. The van der Waals surface area contributed by atoms with Crippen LogP contribution < -0.4 is 5.32 Å². The van der Waals surface area contributed by atoms with E-state index >= 15 is 0 Å². The van der Waals surface area contributed by atoms with Gasteiger partial charge in [-0.1, -0.05) is 33.6 Å². The fraction of sp³-hybridized carbons (Fsp3) is 0. The lowest BCUT2D eigenvalue weighted by Crippen LogP contribution is -1.93. The van der Waals surface area contributed by atoms with Crippen molar-refractivity contribution in [3.05, 3.63) is 57.5 Å². The van der Waals surface area contributed by atoms with Crippen molar-refractivity contribution >= 4 is 38.9 Å². The van der Waals surface area contributed by atoms with Crippen LogP contribution in [0.4, 0.5) is 11.4 Å². The van der Waals surface area contributed by atoms with Gasteiger partial charge < -0.3 is 5.32 Å². The standard InChI is InChI=1S/C13H8BrClN2/c14-9-4-6-10(7-5-9)17-13-3-1-2-12(15)11(13)8-16/h1-7,17H. The number of hydrogen-bond donors (Lipinski definition) is 1. The largest absolute Gasteiger partial charge is 0.354 e. The van der Waals surface area contributed by atoms with Crippen LogP contribution in [0.5, 0.6) is 0 Å². The normalized spacial score (nSPS) is 9.71. The quantitative estimate of drug-likeness (QED) is 0.871. The van der Waals surface area contributed by atoms with Gasteiger partial charge in [0, 0.05) is 10.2 Å². The molecule has 2 aromatic carbocycles. The van der Waals surface area contributed by atoms with Crippen LogP contribution in [-0.4, -0.2) is 0 Å². The molecule has 4 heteroatoms. The van der Waals surface area contributed by atoms with Crippen molar-refractivity contribution in [3.8, 4) is 6.07 Å². The van der Waals surface area contributed by atoms with Gasteiger partial charge in [0.15, 0.2) is 0 Å². The highest BCUT2D eigenvalue weighted by atomic mass is 79.9. The van der Waals surface area contributed by atoms with Crippen molar-refractivity contribution in [2.45, 2.75) is 0 Å². The van der Waals surface area contributed by atoms with E-state index in [4.69, 9.17) is 16.9 Å². The maximum absolute atomic E-state index is 9.04. The second-order valence-electron chi connectivity index (χ2n) is 3.41. The van der Waals surface area contributed by atoms with E-state index in [2.05, 4.69) is 27.3 Å². The minimum atomic E-state index is 0.453. The summed E-state index contributed by atoms with van der Waals surface area (Å²) in [7, 11) is 0. The molecule has 0 atom stereocenters. The summed E-state index contributed by atoms with van der Waals surface area (Å²) < 4.78 is 1.01. The number of anilines is 2. The molecule has 0 saturated carbocycles. The van der Waals surface area contributed by atoms with Crippen molar-refractivity contribution in [2.75, 3.05) is 5.32 Å². The summed E-state index contributed by atoms with van der Waals surface area (Å²) >= 11 is 9.32. The third-order valence-electron chi connectivity index (χ3n) is 2.25. The number of halogens is 2. The van der Waals surface area contributed by atoms with Crippen molar-refractivity contribution in [2.24, 2.45) is 0 Å². The first-order valence-corrected chi connectivity index (χ1v) is 6.09. The fourth-order valence-electron chi connectivity index (χ4n) is 1.43. The predicted octanol–water partition coefficient (Wildman–Crippen LogP) is 4.72. The molecule has 0 bridgehead atoms. The zero-order valence-electron chi connectivity index (χ0n) is 8.74. The minimum Gasteiger partial charge on any atom is -0.354 e. The van der Waals surface area contributed by atoms with E-state index in [0.29, 0.717) is 16.3 Å². The molecule has 0 aliphatic rings. The number of nitrogens with one attached hydrogen (secondary N) is 1. The van der Waals surface area contributed by atoms with E-state index in [1.54, 1.807) is 6.07 Å². The molecule has 0 amide bonds. The van der Waals surface area contributed by atoms with Gasteiger partial charge in [-0.3, -0.25) is 0 Å². The molecule has 0 unspecified atom stereocenters. The van der Waals surface area contributed by atoms with E-state index in [1.165, 1.54) is 0 Å². The molecule has 0 heterocycles. The van der Waals surface area contributed by atoms with Gasteiger partial charge in [0.05, 0.1) is 16.3 Å². The third-order valence-corrected chi connectivity index (χ3v) is 3.09. The molecule has 0 fully saturated rings. The zero-order valence-corrected chi connectivity index (χ0v) is 11.1. The van der Waals surface area contributed by atoms with E-state index < -0.39 is 0 Å². The van der Waals surface area contributed by atoms with Gasteiger partial charge in [-0.15, -0.1) is 0 Å². The first kappa shape index (κ1) is 12.0. The van der Waals surface area contributed by atoms with Crippen molar-refractivity contribution in [1.82, 2.24) is 0 Å². The van der Waals surface area contributed by atoms with Crippen LogP contribution in [0.25, 0.3) is 0 Å². The van der Waals surface area contributed by atoms with Crippen LogP contribution in [0.1, 0.15) is 5.56 Å². The van der Waals surface area contributed by atoms with E-state index in [-0.39, 0.29) is 0 Å². The Bertz CT molecular complexity index is 573. The van der Waals surface area contributed by atoms with E-state index in [0.717, 1.165) is 10.2 Å². The van der Waals surface area contributed by atoms with Gasteiger partial charge in [0.1, 0.15) is 6.07 Å². The molecule has 0 aliphatic heterocycles. The topological polar surface area (TPSA) is 35.8 Å². The molecule has 2 rings (SSSR count). The van der Waals surface area contributed by atoms with Crippen LogP contribution in [0.2, 0.25) is 5.02 Å². The Morgan fingerprint density at radius 1 is 1.12 bits per heavy atom. The molecule has 17 heavy (non-hydrogen) atoms. The Labute approximate surface area is 113 Å². The van der Waals surface area contributed by atoms with Crippen molar-refractivity contribution < 1.29 is 0 Å². The third kappa shape index (κ3) is 2.79. The average molecular weight is 308 g/mol. The van der Waals surface area contributed by atoms with E-state index in [1.807, 2.05) is 36.4 Å². The van der Waals surface area contributed by atoms with E-state index in [9.17, 15) is 0 Å². The minimum absolute atomic E-state index is 0.453. The lowest BCUT2D eigenvalue weighted by Gasteiger charge is -2.09.